The number of aromatic hydroxyl groups is 1. The minimum Gasteiger partial charge on any atom is -0.505 e. The molecule has 0 aliphatic heterocycles. The Labute approximate surface area is 202 Å². The summed E-state index contributed by atoms with van der Waals surface area (Å²) < 4.78 is 21.2. The molecule has 0 saturated carbocycles. The lowest BCUT2D eigenvalue weighted by molar-refractivity contribution is -0.143. The fourth-order valence-electron chi connectivity index (χ4n) is 3.93. The van der Waals surface area contributed by atoms with E-state index in [1.54, 1.807) is 19.9 Å². The first-order chi connectivity index (χ1) is 16.6. The van der Waals surface area contributed by atoms with Crippen LogP contribution in [0, 0.1) is 19.7 Å². The third-order valence-electron chi connectivity index (χ3n) is 5.71. The van der Waals surface area contributed by atoms with Crippen LogP contribution < -0.4 is 16.2 Å². The third-order valence-corrected chi connectivity index (χ3v) is 5.71. The molecule has 0 aliphatic carbocycles. The van der Waals surface area contributed by atoms with E-state index >= 15 is 0 Å². The Balaban J connectivity index is 2.01. The Bertz CT molecular complexity index is 1320. The number of nitrogens with zero attached hydrogens (tertiary/aromatic N) is 1. The average Bonchev–Trinajstić information content (AvgIpc) is 2.80. The molecule has 0 bridgehead atoms. The van der Waals surface area contributed by atoms with Crippen LogP contribution >= 0.6 is 0 Å². The van der Waals surface area contributed by atoms with Crippen LogP contribution in [0.2, 0.25) is 0 Å². The van der Waals surface area contributed by atoms with Gasteiger partial charge < -0.3 is 25.0 Å². The smallest absolute Gasteiger partial charge is 0.319 e. The van der Waals surface area contributed by atoms with Crippen molar-refractivity contribution in [1.29, 1.82) is 0 Å². The molecule has 0 saturated heterocycles. The summed E-state index contributed by atoms with van der Waals surface area (Å²) >= 11 is 0. The standard InChI is InChI=1S/C26H28FN3O5/c1-5-35-22(32)14-20(28-26(34)29-24-21(31)12-13-30(4)25(24)33)18-10-11-19(27)23(16(18)3)17-9-7-6-8-15(17)2/h6-13,20,31H,5,14H2,1-4H3,(H2,28,29,34). The van der Waals surface area contributed by atoms with E-state index in [1.165, 1.54) is 36.0 Å². The van der Waals surface area contributed by atoms with E-state index < -0.39 is 35.2 Å². The van der Waals surface area contributed by atoms with E-state index in [9.17, 15) is 23.9 Å². The minimum absolute atomic E-state index is 0.155. The van der Waals surface area contributed by atoms with E-state index in [1.807, 2.05) is 25.1 Å². The molecule has 0 fully saturated rings. The number of aromatic nitrogens is 1. The molecule has 1 atom stereocenters. The predicted molar refractivity (Wildman–Crippen MR) is 131 cm³/mol. The van der Waals surface area contributed by atoms with Crippen LogP contribution in [0.5, 0.6) is 5.75 Å². The number of hydrogen-bond donors (Lipinski definition) is 3. The Morgan fingerprint density at radius 3 is 2.54 bits per heavy atom. The molecule has 3 aromatic rings. The molecule has 35 heavy (non-hydrogen) atoms. The number of nitrogens with one attached hydrogen (secondary N) is 2. The van der Waals surface area contributed by atoms with Gasteiger partial charge in [-0.05, 0) is 55.2 Å². The van der Waals surface area contributed by atoms with Gasteiger partial charge in [0.25, 0.3) is 5.56 Å². The molecule has 0 aliphatic rings. The first-order valence-electron chi connectivity index (χ1n) is 11.1. The molecule has 2 amide bonds. The maximum absolute atomic E-state index is 15.0. The summed E-state index contributed by atoms with van der Waals surface area (Å²) in [6.07, 6.45) is 1.14. The topological polar surface area (TPSA) is 110 Å². The summed E-state index contributed by atoms with van der Waals surface area (Å²) in [4.78, 5) is 37.5. The second kappa shape index (κ2) is 10.9. The fourth-order valence-corrected chi connectivity index (χ4v) is 3.93. The first-order valence-corrected chi connectivity index (χ1v) is 11.1. The highest BCUT2D eigenvalue weighted by Crippen LogP contribution is 2.34. The molecular weight excluding hydrogens is 453 g/mol. The van der Waals surface area contributed by atoms with Crippen molar-refractivity contribution in [2.75, 3.05) is 11.9 Å². The Morgan fingerprint density at radius 1 is 1.14 bits per heavy atom. The molecule has 8 nitrogen and oxygen atoms in total. The lowest BCUT2D eigenvalue weighted by Crippen LogP contribution is -2.36. The van der Waals surface area contributed by atoms with Crippen molar-refractivity contribution in [1.82, 2.24) is 9.88 Å². The number of rotatable bonds is 7. The van der Waals surface area contributed by atoms with Crippen LogP contribution in [0.15, 0.2) is 53.5 Å². The molecule has 1 aromatic heterocycles. The van der Waals surface area contributed by atoms with Crippen LogP contribution in [0.3, 0.4) is 0 Å². The Hall–Kier alpha value is -4.14. The largest absolute Gasteiger partial charge is 0.505 e. The zero-order chi connectivity index (χ0) is 25.7. The molecular formula is C26H28FN3O5. The molecule has 0 radical (unpaired) electrons. The first kappa shape index (κ1) is 25.5. The van der Waals surface area contributed by atoms with Crippen molar-refractivity contribution in [2.24, 2.45) is 7.05 Å². The highest BCUT2D eigenvalue weighted by molar-refractivity contribution is 5.91. The van der Waals surface area contributed by atoms with Gasteiger partial charge in [-0.15, -0.1) is 0 Å². The highest BCUT2D eigenvalue weighted by atomic mass is 19.1. The maximum atomic E-state index is 15.0. The van der Waals surface area contributed by atoms with Crippen LogP contribution in [-0.2, 0) is 16.6 Å². The van der Waals surface area contributed by atoms with Gasteiger partial charge in [0.1, 0.15) is 11.6 Å². The predicted octanol–water partition coefficient (Wildman–Crippen LogP) is 4.33. The molecule has 0 spiro atoms. The number of pyridine rings is 1. The fraction of sp³-hybridized carbons (Fsp3) is 0.269. The van der Waals surface area contributed by atoms with Gasteiger partial charge in [0.05, 0.1) is 19.1 Å². The van der Waals surface area contributed by atoms with E-state index in [2.05, 4.69) is 10.6 Å². The number of urea groups is 1. The summed E-state index contributed by atoms with van der Waals surface area (Å²) in [5, 5.41) is 15.0. The maximum Gasteiger partial charge on any atom is 0.319 e. The van der Waals surface area contributed by atoms with Gasteiger partial charge in [-0.1, -0.05) is 30.3 Å². The van der Waals surface area contributed by atoms with E-state index in [0.29, 0.717) is 22.3 Å². The number of carbonyl (C=O) groups is 2. The van der Waals surface area contributed by atoms with Crippen molar-refractivity contribution in [3.63, 3.8) is 0 Å². The highest BCUT2D eigenvalue weighted by Gasteiger charge is 2.25. The van der Waals surface area contributed by atoms with Gasteiger partial charge >= 0.3 is 12.0 Å². The number of ether oxygens (including phenoxy) is 1. The summed E-state index contributed by atoms with van der Waals surface area (Å²) in [5.41, 5.74) is 2.08. The second-order valence-corrected chi connectivity index (χ2v) is 8.10. The lowest BCUT2D eigenvalue weighted by Gasteiger charge is -2.23. The van der Waals surface area contributed by atoms with Crippen molar-refractivity contribution in [2.45, 2.75) is 33.2 Å². The number of hydrogen-bond acceptors (Lipinski definition) is 5. The van der Waals surface area contributed by atoms with Crippen molar-refractivity contribution in [3.8, 4) is 16.9 Å². The van der Waals surface area contributed by atoms with Crippen molar-refractivity contribution < 1.29 is 23.8 Å². The number of esters is 1. The molecule has 3 rings (SSSR count). The number of aryl methyl sites for hydroxylation is 2. The van der Waals surface area contributed by atoms with Crippen LogP contribution in [0.25, 0.3) is 11.1 Å². The SMILES string of the molecule is CCOC(=O)CC(NC(=O)Nc1c(O)ccn(C)c1=O)c1ccc(F)c(-c2ccccc2C)c1C. The number of anilines is 1. The van der Waals surface area contributed by atoms with Crippen molar-refractivity contribution in [3.05, 3.63) is 81.5 Å². The monoisotopic (exact) mass is 481 g/mol. The Morgan fingerprint density at radius 2 is 1.86 bits per heavy atom. The van der Waals surface area contributed by atoms with Gasteiger partial charge in [0.2, 0.25) is 0 Å². The molecule has 1 unspecified atom stereocenters. The summed E-state index contributed by atoms with van der Waals surface area (Å²) in [5.74, 6) is -1.39. The number of benzene rings is 2. The van der Waals surface area contributed by atoms with E-state index in [-0.39, 0.29) is 18.7 Å². The number of amides is 2. The number of halogens is 1. The summed E-state index contributed by atoms with van der Waals surface area (Å²) in [6, 6.07) is 9.69. The Kier molecular flexibility index (Phi) is 7.91. The molecule has 2 aromatic carbocycles. The molecule has 184 valence electrons. The van der Waals surface area contributed by atoms with E-state index in [4.69, 9.17) is 4.74 Å². The van der Waals surface area contributed by atoms with Crippen LogP contribution in [0.1, 0.15) is 36.1 Å². The van der Waals surface area contributed by atoms with Gasteiger partial charge in [-0.3, -0.25) is 9.59 Å². The average molecular weight is 482 g/mol. The number of carbonyl (C=O) groups excluding carboxylic acids is 2. The van der Waals surface area contributed by atoms with Crippen molar-refractivity contribution >= 4 is 17.7 Å². The zero-order valence-corrected chi connectivity index (χ0v) is 20.0. The summed E-state index contributed by atoms with van der Waals surface area (Å²) in [6.45, 7) is 5.41. The van der Waals surface area contributed by atoms with Gasteiger partial charge in [0, 0.05) is 18.8 Å². The van der Waals surface area contributed by atoms with Gasteiger partial charge in [0.15, 0.2) is 5.69 Å². The van der Waals surface area contributed by atoms with Crippen LogP contribution in [0.4, 0.5) is 14.9 Å². The summed E-state index contributed by atoms with van der Waals surface area (Å²) in [7, 11) is 1.48. The lowest BCUT2D eigenvalue weighted by atomic mass is 9.89. The van der Waals surface area contributed by atoms with Gasteiger partial charge in [-0.2, -0.15) is 0 Å². The van der Waals surface area contributed by atoms with E-state index in [0.717, 1.165) is 5.56 Å². The molecule has 3 N–H and O–H groups in total. The van der Waals surface area contributed by atoms with Crippen LogP contribution in [-0.4, -0.2) is 28.3 Å². The quantitative estimate of drug-likeness (QED) is 0.435. The minimum atomic E-state index is -0.896. The zero-order valence-electron chi connectivity index (χ0n) is 20.0. The third kappa shape index (κ3) is 5.68. The molecule has 1 heterocycles. The second-order valence-electron chi connectivity index (χ2n) is 8.10. The van der Waals surface area contributed by atoms with Gasteiger partial charge in [-0.25, -0.2) is 9.18 Å². The molecule has 9 heteroatoms. The normalized spacial score (nSPS) is 11.6.